The highest BCUT2D eigenvalue weighted by Crippen LogP contribution is 2.23. The predicted octanol–water partition coefficient (Wildman–Crippen LogP) is 2.08. The number of nitrogens with one attached hydrogen (secondary N) is 1. The van der Waals surface area contributed by atoms with Gasteiger partial charge in [0, 0.05) is 13.6 Å². The third-order valence-corrected chi connectivity index (χ3v) is 4.04. The molecule has 1 aromatic heterocycles. The molecule has 0 radical (unpaired) electrons. The molecule has 1 aliphatic heterocycles. The van der Waals surface area contributed by atoms with Gasteiger partial charge in [0.05, 0.1) is 9.21 Å². The van der Waals surface area contributed by atoms with Crippen LogP contribution < -0.4 is 5.32 Å². The fourth-order valence-corrected chi connectivity index (χ4v) is 3.00. The molecule has 1 aliphatic rings. The minimum absolute atomic E-state index is 0.0730. The first-order valence-electron chi connectivity index (χ1n) is 5.38. The Morgan fingerprint density at radius 2 is 2.50 bits per heavy atom. The van der Waals surface area contributed by atoms with Gasteiger partial charge in [0.15, 0.2) is 0 Å². The van der Waals surface area contributed by atoms with E-state index in [1.165, 1.54) is 11.3 Å². The van der Waals surface area contributed by atoms with Crippen LogP contribution in [0.1, 0.15) is 16.1 Å². The lowest BCUT2D eigenvalue weighted by atomic mass is 10.1. The van der Waals surface area contributed by atoms with Crippen molar-refractivity contribution >= 4 is 28.8 Å². The minimum atomic E-state index is 0.0730. The molecule has 2 heterocycles. The SMILES string of the molecule is CN(CC1CCNC1)C(=O)c1ccc(Cl)s1. The van der Waals surface area contributed by atoms with Crippen molar-refractivity contribution in [3.63, 3.8) is 0 Å². The number of halogens is 1. The first kappa shape index (κ1) is 11.9. The van der Waals surface area contributed by atoms with Gasteiger partial charge in [0.25, 0.3) is 5.91 Å². The summed E-state index contributed by atoms with van der Waals surface area (Å²) < 4.78 is 0.666. The number of carbonyl (C=O) groups is 1. The van der Waals surface area contributed by atoms with E-state index in [0.717, 1.165) is 30.9 Å². The van der Waals surface area contributed by atoms with E-state index in [9.17, 15) is 4.79 Å². The predicted molar refractivity (Wildman–Crippen MR) is 67.3 cm³/mol. The highest BCUT2D eigenvalue weighted by molar-refractivity contribution is 7.17. The smallest absolute Gasteiger partial charge is 0.263 e. The van der Waals surface area contributed by atoms with Crippen molar-refractivity contribution in [3.8, 4) is 0 Å². The molecule has 1 saturated heterocycles. The van der Waals surface area contributed by atoms with Crippen LogP contribution in [0.4, 0.5) is 0 Å². The molecular weight excluding hydrogens is 244 g/mol. The highest BCUT2D eigenvalue weighted by atomic mass is 35.5. The largest absolute Gasteiger partial charge is 0.341 e. The van der Waals surface area contributed by atoms with Gasteiger partial charge >= 0.3 is 0 Å². The van der Waals surface area contributed by atoms with Crippen LogP contribution in [0.5, 0.6) is 0 Å². The molecule has 5 heteroatoms. The molecule has 0 aromatic carbocycles. The average molecular weight is 259 g/mol. The molecular formula is C11H15ClN2OS. The fraction of sp³-hybridized carbons (Fsp3) is 0.545. The van der Waals surface area contributed by atoms with E-state index < -0.39 is 0 Å². The Balaban J connectivity index is 1.93. The number of thiophene rings is 1. The summed E-state index contributed by atoms with van der Waals surface area (Å²) in [6.07, 6.45) is 1.16. The summed E-state index contributed by atoms with van der Waals surface area (Å²) in [4.78, 5) is 14.5. The average Bonchev–Trinajstić information content (AvgIpc) is 2.88. The molecule has 2 rings (SSSR count). The third kappa shape index (κ3) is 2.75. The van der Waals surface area contributed by atoms with Crippen LogP contribution in [-0.2, 0) is 0 Å². The molecule has 1 N–H and O–H groups in total. The molecule has 0 saturated carbocycles. The molecule has 0 aliphatic carbocycles. The van der Waals surface area contributed by atoms with Gasteiger partial charge in [-0.1, -0.05) is 11.6 Å². The fourth-order valence-electron chi connectivity index (χ4n) is 1.96. The number of rotatable bonds is 3. The normalized spacial score (nSPS) is 20.0. The van der Waals surface area contributed by atoms with Crippen LogP contribution in [-0.4, -0.2) is 37.5 Å². The number of hydrogen-bond acceptors (Lipinski definition) is 3. The van der Waals surface area contributed by atoms with E-state index in [-0.39, 0.29) is 5.91 Å². The van der Waals surface area contributed by atoms with Crippen molar-refractivity contribution in [2.75, 3.05) is 26.7 Å². The topological polar surface area (TPSA) is 32.3 Å². The Hall–Kier alpha value is -0.580. The van der Waals surface area contributed by atoms with Crippen LogP contribution in [0, 0.1) is 5.92 Å². The Labute approximate surface area is 104 Å². The quantitative estimate of drug-likeness (QED) is 0.900. The van der Waals surface area contributed by atoms with Gasteiger partial charge < -0.3 is 10.2 Å². The lowest BCUT2D eigenvalue weighted by Gasteiger charge is -2.19. The van der Waals surface area contributed by atoms with E-state index in [2.05, 4.69) is 5.32 Å². The van der Waals surface area contributed by atoms with Crippen LogP contribution >= 0.6 is 22.9 Å². The molecule has 1 atom stereocenters. The maximum Gasteiger partial charge on any atom is 0.263 e. The Kier molecular flexibility index (Phi) is 3.84. The lowest BCUT2D eigenvalue weighted by molar-refractivity contribution is 0.0781. The molecule has 3 nitrogen and oxygen atoms in total. The van der Waals surface area contributed by atoms with Gasteiger partial charge in [-0.05, 0) is 37.6 Å². The Morgan fingerprint density at radius 3 is 3.06 bits per heavy atom. The van der Waals surface area contributed by atoms with Crippen LogP contribution in [0.15, 0.2) is 12.1 Å². The second-order valence-corrected chi connectivity index (χ2v) is 5.86. The number of hydrogen-bond donors (Lipinski definition) is 1. The monoisotopic (exact) mass is 258 g/mol. The Morgan fingerprint density at radius 1 is 1.69 bits per heavy atom. The van der Waals surface area contributed by atoms with Gasteiger partial charge in [-0.15, -0.1) is 11.3 Å². The highest BCUT2D eigenvalue weighted by Gasteiger charge is 2.20. The van der Waals surface area contributed by atoms with E-state index in [1.807, 2.05) is 7.05 Å². The Bertz CT molecular complexity index is 374. The zero-order chi connectivity index (χ0) is 11.5. The third-order valence-electron chi connectivity index (χ3n) is 2.83. The zero-order valence-electron chi connectivity index (χ0n) is 9.20. The number of amides is 1. The van der Waals surface area contributed by atoms with E-state index in [1.54, 1.807) is 17.0 Å². The van der Waals surface area contributed by atoms with Crippen molar-refractivity contribution in [1.29, 1.82) is 0 Å². The summed E-state index contributed by atoms with van der Waals surface area (Å²) in [5, 5.41) is 3.30. The van der Waals surface area contributed by atoms with Crippen molar-refractivity contribution < 1.29 is 4.79 Å². The summed E-state index contributed by atoms with van der Waals surface area (Å²) in [5.41, 5.74) is 0. The molecule has 0 bridgehead atoms. The van der Waals surface area contributed by atoms with Crippen LogP contribution in [0.2, 0.25) is 4.34 Å². The molecule has 1 unspecified atom stereocenters. The van der Waals surface area contributed by atoms with Gasteiger partial charge in [0.1, 0.15) is 0 Å². The number of carbonyl (C=O) groups excluding carboxylic acids is 1. The van der Waals surface area contributed by atoms with E-state index in [4.69, 9.17) is 11.6 Å². The first-order chi connectivity index (χ1) is 7.66. The molecule has 1 amide bonds. The van der Waals surface area contributed by atoms with Gasteiger partial charge in [-0.25, -0.2) is 0 Å². The first-order valence-corrected chi connectivity index (χ1v) is 6.58. The second kappa shape index (κ2) is 5.17. The molecule has 1 aromatic rings. The maximum atomic E-state index is 12.0. The van der Waals surface area contributed by atoms with E-state index in [0.29, 0.717) is 10.3 Å². The minimum Gasteiger partial charge on any atom is -0.341 e. The van der Waals surface area contributed by atoms with Crippen molar-refractivity contribution in [3.05, 3.63) is 21.3 Å². The standard InChI is InChI=1S/C11H15ClN2OS/c1-14(7-8-4-5-13-6-8)11(15)9-2-3-10(12)16-9/h2-3,8,13H,4-7H2,1H3. The van der Waals surface area contributed by atoms with E-state index >= 15 is 0 Å². The van der Waals surface area contributed by atoms with Crippen LogP contribution in [0.3, 0.4) is 0 Å². The second-order valence-electron chi connectivity index (χ2n) is 4.15. The molecule has 16 heavy (non-hydrogen) atoms. The van der Waals surface area contributed by atoms with Crippen molar-refractivity contribution in [1.82, 2.24) is 10.2 Å². The zero-order valence-corrected chi connectivity index (χ0v) is 10.8. The molecule has 88 valence electrons. The lowest BCUT2D eigenvalue weighted by Crippen LogP contribution is -2.32. The summed E-state index contributed by atoms with van der Waals surface area (Å²) in [6, 6.07) is 3.56. The van der Waals surface area contributed by atoms with Crippen LogP contribution in [0.25, 0.3) is 0 Å². The summed E-state index contributed by atoms with van der Waals surface area (Å²) in [7, 11) is 1.86. The number of nitrogens with zero attached hydrogens (tertiary/aromatic N) is 1. The molecule has 1 fully saturated rings. The van der Waals surface area contributed by atoms with Gasteiger partial charge in [-0.2, -0.15) is 0 Å². The molecule has 0 spiro atoms. The van der Waals surface area contributed by atoms with Crippen molar-refractivity contribution in [2.45, 2.75) is 6.42 Å². The summed E-state index contributed by atoms with van der Waals surface area (Å²) >= 11 is 7.16. The van der Waals surface area contributed by atoms with Gasteiger partial charge in [-0.3, -0.25) is 4.79 Å². The summed E-state index contributed by atoms with van der Waals surface area (Å²) in [5.74, 6) is 0.660. The summed E-state index contributed by atoms with van der Waals surface area (Å²) in [6.45, 7) is 2.90. The van der Waals surface area contributed by atoms with Crippen molar-refractivity contribution in [2.24, 2.45) is 5.92 Å². The van der Waals surface area contributed by atoms with Gasteiger partial charge in [0.2, 0.25) is 0 Å². The maximum absolute atomic E-state index is 12.0.